The van der Waals surface area contributed by atoms with Crippen LogP contribution in [0.2, 0.25) is 0 Å². The number of halogens is 2. The summed E-state index contributed by atoms with van der Waals surface area (Å²) in [5.41, 5.74) is 2.08. The monoisotopic (exact) mass is 414 g/mol. The fourth-order valence-electron chi connectivity index (χ4n) is 4.47. The normalized spacial score (nSPS) is 28.1. The molecule has 3 fully saturated rings. The number of nitrogens with zero attached hydrogens (tertiary/aromatic N) is 2. The van der Waals surface area contributed by atoms with Crippen LogP contribution in [-0.2, 0) is 6.54 Å². The molecule has 3 saturated heterocycles. The van der Waals surface area contributed by atoms with Gasteiger partial charge in [0, 0.05) is 56.4 Å². The molecule has 152 valence electrons. The third kappa shape index (κ3) is 5.81. The SMILES string of the molecule is CN1CCN(Cc2ccc(C(=O)NC3CC4CCC(C3)N4)cc2)CC1.Cl.Cl. The molecule has 0 saturated carbocycles. The van der Waals surface area contributed by atoms with Crippen molar-refractivity contribution >= 4 is 30.7 Å². The largest absolute Gasteiger partial charge is 0.349 e. The number of hydrogen-bond acceptors (Lipinski definition) is 4. The van der Waals surface area contributed by atoms with Crippen molar-refractivity contribution in [2.45, 2.75) is 50.4 Å². The first-order valence-electron chi connectivity index (χ1n) is 9.72. The van der Waals surface area contributed by atoms with Crippen LogP contribution in [0.3, 0.4) is 0 Å². The fraction of sp³-hybridized carbons (Fsp3) is 0.650. The van der Waals surface area contributed by atoms with Crippen LogP contribution in [0, 0.1) is 0 Å². The van der Waals surface area contributed by atoms with E-state index in [1.807, 2.05) is 12.1 Å². The Kier molecular flexibility index (Phi) is 8.38. The van der Waals surface area contributed by atoms with Crippen molar-refractivity contribution in [2.75, 3.05) is 33.2 Å². The Morgan fingerprint density at radius 1 is 1.04 bits per heavy atom. The van der Waals surface area contributed by atoms with Gasteiger partial charge in [-0.2, -0.15) is 0 Å². The van der Waals surface area contributed by atoms with E-state index in [0.717, 1.165) is 51.1 Å². The highest BCUT2D eigenvalue weighted by molar-refractivity contribution is 5.94. The Bertz CT molecular complexity index is 593. The first-order chi connectivity index (χ1) is 12.2. The predicted octanol–water partition coefficient (Wildman–Crippen LogP) is 2.29. The first kappa shape index (κ1) is 22.4. The third-order valence-electron chi connectivity index (χ3n) is 6.03. The van der Waals surface area contributed by atoms with E-state index in [0.29, 0.717) is 18.1 Å². The lowest BCUT2D eigenvalue weighted by Gasteiger charge is -2.32. The van der Waals surface area contributed by atoms with Crippen LogP contribution in [0.25, 0.3) is 0 Å². The molecular weight excluding hydrogens is 383 g/mol. The van der Waals surface area contributed by atoms with Crippen molar-refractivity contribution in [1.29, 1.82) is 0 Å². The Hall–Kier alpha value is -0.850. The third-order valence-corrected chi connectivity index (χ3v) is 6.03. The summed E-state index contributed by atoms with van der Waals surface area (Å²) in [5, 5.41) is 6.87. The minimum Gasteiger partial charge on any atom is -0.349 e. The van der Waals surface area contributed by atoms with E-state index in [4.69, 9.17) is 0 Å². The van der Waals surface area contributed by atoms with E-state index in [2.05, 4.69) is 39.6 Å². The Morgan fingerprint density at radius 3 is 2.22 bits per heavy atom. The second kappa shape index (κ2) is 10.1. The summed E-state index contributed by atoms with van der Waals surface area (Å²) in [5.74, 6) is 0.0810. The quantitative estimate of drug-likeness (QED) is 0.793. The molecular formula is C20H32Cl2N4O. The average Bonchev–Trinajstić information content (AvgIpc) is 2.96. The van der Waals surface area contributed by atoms with Crippen molar-refractivity contribution in [3.05, 3.63) is 35.4 Å². The molecule has 2 N–H and O–H groups in total. The molecule has 3 aliphatic heterocycles. The molecule has 1 aromatic rings. The molecule has 2 atom stereocenters. The van der Waals surface area contributed by atoms with Gasteiger partial charge in [0.2, 0.25) is 0 Å². The molecule has 2 unspecified atom stereocenters. The number of rotatable bonds is 4. The molecule has 1 amide bonds. The number of nitrogens with one attached hydrogen (secondary N) is 2. The predicted molar refractivity (Wildman–Crippen MR) is 114 cm³/mol. The lowest BCUT2D eigenvalue weighted by molar-refractivity contribution is 0.0924. The lowest BCUT2D eigenvalue weighted by atomic mass is 9.99. The van der Waals surface area contributed by atoms with Crippen LogP contribution in [0.4, 0.5) is 0 Å². The van der Waals surface area contributed by atoms with Gasteiger partial charge >= 0.3 is 0 Å². The minimum absolute atomic E-state index is 0. The van der Waals surface area contributed by atoms with Gasteiger partial charge in [0.15, 0.2) is 0 Å². The van der Waals surface area contributed by atoms with Gasteiger partial charge < -0.3 is 15.5 Å². The van der Waals surface area contributed by atoms with Crippen LogP contribution in [0.15, 0.2) is 24.3 Å². The van der Waals surface area contributed by atoms with Crippen LogP contribution in [-0.4, -0.2) is 67.1 Å². The van der Waals surface area contributed by atoms with E-state index in [1.54, 1.807) is 0 Å². The molecule has 7 heteroatoms. The van der Waals surface area contributed by atoms with Crippen LogP contribution >= 0.6 is 24.8 Å². The fourth-order valence-corrected chi connectivity index (χ4v) is 4.47. The highest BCUT2D eigenvalue weighted by Crippen LogP contribution is 2.26. The smallest absolute Gasteiger partial charge is 0.251 e. The zero-order valence-corrected chi connectivity index (χ0v) is 17.7. The van der Waals surface area contributed by atoms with E-state index in [-0.39, 0.29) is 30.7 Å². The maximum Gasteiger partial charge on any atom is 0.251 e. The van der Waals surface area contributed by atoms with Gasteiger partial charge in [0.05, 0.1) is 0 Å². The zero-order chi connectivity index (χ0) is 17.2. The molecule has 0 aromatic heterocycles. The standard InChI is InChI=1S/C20H30N4O.2ClH/c1-23-8-10-24(11-9-23)14-15-2-4-16(5-3-15)20(25)22-19-12-17-6-7-18(13-19)21-17;;/h2-5,17-19,21H,6-14H2,1H3,(H,22,25);2*1H. The molecule has 0 aliphatic carbocycles. The highest BCUT2D eigenvalue weighted by atomic mass is 35.5. The van der Waals surface area contributed by atoms with Gasteiger partial charge in [-0.05, 0) is 50.4 Å². The molecule has 5 nitrogen and oxygen atoms in total. The first-order valence-corrected chi connectivity index (χ1v) is 9.72. The van der Waals surface area contributed by atoms with Crippen molar-refractivity contribution < 1.29 is 4.79 Å². The number of likely N-dealkylation sites (N-methyl/N-ethyl adjacent to an activating group) is 1. The molecule has 0 spiro atoms. The molecule has 0 radical (unpaired) electrons. The van der Waals surface area contributed by atoms with E-state index in [1.165, 1.54) is 18.4 Å². The number of piperidine rings is 1. The second-order valence-corrected chi connectivity index (χ2v) is 8.06. The van der Waals surface area contributed by atoms with Crippen molar-refractivity contribution in [3.63, 3.8) is 0 Å². The summed E-state index contributed by atoms with van der Waals surface area (Å²) < 4.78 is 0. The molecule has 3 heterocycles. The Labute approximate surface area is 175 Å². The van der Waals surface area contributed by atoms with Gasteiger partial charge in [-0.1, -0.05) is 12.1 Å². The number of carbonyl (C=O) groups excluding carboxylic acids is 1. The van der Waals surface area contributed by atoms with Gasteiger partial charge in [-0.3, -0.25) is 9.69 Å². The van der Waals surface area contributed by atoms with Crippen molar-refractivity contribution in [1.82, 2.24) is 20.4 Å². The van der Waals surface area contributed by atoms with Crippen LogP contribution in [0.1, 0.15) is 41.6 Å². The molecule has 3 aliphatic rings. The number of piperazine rings is 1. The maximum atomic E-state index is 12.5. The minimum atomic E-state index is 0. The lowest BCUT2D eigenvalue weighted by Crippen LogP contribution is -2.48. The van der Waals surface area contributed by atoms with E-state index < -0.39 is 0 Å². The number of benzene rings is 1. The van der Waals surface area contributed by atoms with Gasteiger partial charge in [-0.25, -0.2) is 0 Å². The van der Waals surface area contributed by atoms with E-state index >= 15 is 0 Å². The summed E-state index contributed by atoms with van der Waals surface area (Å²) >= 11 is 0. The summed E-state index contributed by atoms with van der Waals surface area (Å²) in [6.45, 7) is 5.50. The zero-order valence-electron chi connectivity index (χ0n) is 16.0. The molecule has 27 heavy (non-hydrogen) atoms. The van der Waals surface area contributed by atoms with E-state index in [9.17, 15) is 4.79 Å². The Balaban J connectivity index is 0.00000131. The molecule has 4 rings (SSSR count). The summed E-state index contributed by atoms with van der Waals surface area (Å²) in [6, 6.07) is 9.73. The Morgan fingerprint density at radius 2 is 1.63 bits per heavy atom. The topological polar surface area (TPSA) is 47.6 Å². The summed E-state index contributed by atoms with van der Waals surface area (Å²) in [6.07, 6.45) is 4.67. The van der Waals surface area contributed by atoms with Gasteiger partial charge in [0.1, 0.15) is 0 Å². The maximum absolute atomic E-state index is 12.5. The van der Waals surface area contributed by atoms with Crippen LogP contribution in [0.5, 0.6) is 0 Å². The number of amides is 1. The number of hydrogen-bond donors (Lipinski definition) is 2. The average molecular weight is 415 g/mol. The van der Waals surface area contributed by atoms with Crippen molar-refractivity contribution in [2.24, 2.45) is 0 Å². The number of fused-ring (bicyclic) bond motifs is 2. The van der Waals surface area contributed by atoms with Crippen LogP contribution < -0.4 is 10.6 Å². The van der Waals surface area contributed by atoms with Crippen molar-refractivity contribution in [3.8, 4) is 0 Å². The summed E-state index contributed by atoms with van der Waals surface area (Å²) in [7, 11) is 2.18. The molecule has 1 aromatic carbocycles. The number of carbonyl (C=O) groups is 1. The highest BCUT2D eigenvalue weighted by Gasteiger charge is 2.34. The second-order valence-electron chi connectivity index (χ2n) is 8.06. The summed E-state index contributed by atoms with van der Waals surface area (Å²) in [4.78, 5) is 17.4. The van der Waals surface area contributed by atoms with Gasteiger partial charge in [0.25, 0.3) is 5.91 Å². The molecule has 2 bridgehead atoms. The van der Waals surface area contributed by atoms with Gasteiger partial charge in [-0.15, -0.1) is 24.8 Å².